The van der Waals surface area contributed by atoms with Gasteiger partial charge in [-0.3, -0.25) is 9.20 Å². The van der Waals surface area contributed by atoms with Crippen molar-refractivity contribution >= 4 is 28.6 Å². The van der Waals surface area contributed by atoms with Gasteiger partial charge in [-0.2, -0.15) is 0 Å². The fraction of sp³-hybridized carbons (Fsp3) is 0.235. The van der Waals surface area contributed by atoms with Crippen LogP contribution in [0.1, 0.15) is 32.8 Å². The summed E-state index contributed by atoms with van der Waals surface area (Å²) >= 11 is 1.20. The van der Waals surface area contributed by atoms with E-state index in [1.165, 1.54) is 11.3 Å². The summed E-state index contributed by atoms with van der Waals surface area (Å²) in [5, 5.41) is 0. The van der Waals surface area contributed by atoms with Gasteiger partial charge in [0.1, 0.15) is 16.3 Å². The van der Waals surface area contributed by atoms with Crippen molar-refractivity contribution in [3.8, 4) is 22.8 Å². The Morgan fingerprint density at radius 3 is 2.96 bits per heavy atom. The van der Waals surface area contributed by atoms with Crippen LogP contribution in [-0.4, -0.2) is 35.0 Å². The van der Waals surface area contributed by atoms with Crippen LogP contribution in [0.25, 0.3) is 16.2 Å². The van der Waals surface area contributed by atoms with Gasteiger partial charge >= 0.3 is 5.97 Å². The molecular weight excluding hydrogens is 344 g/mol. The second kappa shape index (κ2) is 5.89. The number of fused-ring (bicyclic) bond motifs is 2. The lowest BCUT2D eigenvalue weighted by Crippen LogP contribution is -2.05. The molecule has 8 heteroatoms. The molecule has 128 valence electrons. The molecule has 0 fully saturated rings. The van der Waals surface area contributed by atoms with E-state index in [0.717, 1.165) is 11.8 Å². The number of rotatable bonds is 4. The zero-order valence-electron chi connectivity index (χ0n) is 13.6. The summed E-state index contributed by atoms with van der Waals surface area (Å²) < 4.78 is 17.4. The molecule has 3 heterocycles. The predicted octanol–water partition coefficient (Wildman–Crippen LogP) is 3.09. The SMILES string of the molecule is CCOC(=O)c1sc2nc(-c3ccc4c(c3)OCO4)c(C=O)n2c1C. The molecule has 0 aliphatic carbocycles. The predicted molar refractivity (Wildman–Crippen MR) is 90.7 cm³/mol. The number of imidazole rings is 1. The van der Waals surface area contributed by atoms with Crippen LogP contribution in [0.15, 0.2) is 18.2 Å². The zero-order chi connectivity index (χ0) is 17.6. The first-order chi connectivity index (χ1) is 12.1. The molecular formula is C17H14N2O5S. The third kappa shape index (κ3) is 2.37. The number of aryl methyl sites for hydroxylation is 1. The topological polar surface area (TPSA) is 79.1 Å². The molecule has 1 aromatic carbocycles. The first-order valence-corrected chi connectivity index (χ1v) is 8.49. The molecule has 7 nitrogen and oxygen atoms in total. The largest absolute Gasteiger partial charge is 0.462 e. The van der Waals surface area contributed by atoms with Crippen molar-refractivity contribution in [3.63, 3.8) is 0 Å². The van der Waals surface area contributed by atoms with E-state index < -0.39 is 5.97 Å². The second-order valence-corrected chi connectivity index (χ2v) is 6.36. The van der Waals surface area contributed by atoms with E-state index in [2.05, 4.69) is 4.98 Å². The summed E-state index contributed by atoms with van der Waals surface area (Å²) in [5.41, 5.74) is 2.32. The first-order valence-electron chi connectivity index (χ1n) is 7.68. The molecule has 1 aliphatic heterocycles. The Kier molecular flexibility index (Phi) is 3.69. The van der Waals surface area contributed by atoms with Crippen molar-refractivity contribution in [2.45, 2.75) is 13.8 Å². The van der Waals surface area contributed by atoms with Crippen molar-refractivity contribution in [1.29, 1.82) is 0 Å². The third-order valence-corrected chi connectivity index (χ3v) is 5.08. The van der Waals surface area contributed by atoms with Gasteiger partial charge in [0, 0.05) is 11.3 Å². The van der Waals surface area contributed by atoms with Crippen LogP contribution in [0.3, 0.4) is 0 Å². The van der Waals surface area contributed by atoms with E-state index in [1.54, 1.807) is 30.4 Å². The number of aromatic nitrogens is 2. The van der Waals surface area contributed by atoms with Crippen molar-refractivity contribution in [1.82, 2.24) is 9.38 Å². The highest BCUT2D eigenvalue weighted by atomic mass is 32.1. The molecule has 0 bridgehead atoms. The Hall–Kier alpha value is -2.87. The van der Waals surface area contributed by atoms with Crippen molar-refractivity contribution in [2.75, 3.05) is 13.4 Å². The molecule has 25 heavy (non-hydrogen) atoms. The minimum atomic E-state index is -0.406. The molecule has 0 radical (unpaired) electrons. The van der Waals surface area contributed by atoms with Gasteiger partial charge in [0.05, 0.1) is 6.61 Å². The van der Waals surface area contributed by atoms with E-state index >= 15 is 0 Å². The minimum absolute atomic E-state index is 0.180. The van der Waals surface area contributed by atoms with Crippen LogP contribution < -0.4 is 9.47 Å². The van der Waals surface area contributed by atoms with E-state index in [1.807, 2.05) is 6.07 Å². The zero-order valence-corrected chi connectivity index (χ0v) is 14.4. The molecule has 0 spiro atoms. The number of nitrogens with zero attached hydrogens (tertiary/aromatic N) is 2. The summed E-state index contributed by atoms with van der Waals surface area (Å²) in [5.74, 6) is 0.879. The molecule has 4 rings (SSSR count). The number of hydrogen-bond donors (Lipinski definition) is 0. The van der Waals surface area contributed by atoms with Gasteiger partial charge in [-0.05, 0) is 32.0 Å². The van der Waals surface area contributed by atoms with Crippen molar-refractivity contribution in [2.24, 2.45) is 0 Å². The van der Waals surface area contributed by atoms with E-state index in [9.17, 15) is 9.59 Å². The fourth-order valence-electron chi connectivity index (χ4n) is 2.82. The Morgan fingerprint density at radius 2 is 2.20 bits per heavy atom. The van der Waals surface area contributed by atoms with Crippen molar-refractivity contribution in [3.05, 3.63) is 34.5 Å². The van der Waals surface area contributed by atoms with Crippen LogP contribution in [0, 0.1) is 6.92 Å². The van der Waals surface area contributed by atoms with Gasteiger partial charge < -0.3 is 14.2 Å². The molecule has 3 aromatic rings. The summed E-state index contributed by atoms with van der Waals surface area (Å²) in [6.45, 7) is 4.00. The molecule has 0 N–H and O–H groups in total. The van der Waals surface area contributed by atoms with Gasteiger partial charge in [0.15, 0.2) is 22.7 Å². The highest BCUT2D eigenvalue weighted by molar-refractivity contribution is 7.19. The van der Waals surface area contributed by atoms with Gasteiger partial charge in [0.2, 0.25) is 6.79 Å². The molecule has 2 aromatic heterocycles. The van der Waals surface area contributed by atoms with Gasteiger partial charge in [0.25, 0.3) is 0 Å². The smallest absolute Gasteiger partial charge is 0.350 e. The number of carbonyl (C=O) groups excluding carboxylic acids is 2. The number of aldehydes is 1. The molecule has 0 saturated carbocycles. The van der Waals surface area contributed by atoms with E-state index in [-0.39, 0.29) is 6.79 Å². The maximum absolute atomic E-state index is 12.0. The van der Waals surface area contributed by atoms with E-state index in [4.69, 9.17) is 14.2 Å². The number of carbonyl (C=O) groups is 2. The number of hydrogen-bond acceptors (Lipinski definition) is 7. The normalized spacial score (nSPS) is 12.6. The Labute approximate surface area is 146 Å². The molecule has 0 atom stereocenters. The van der Waals surface area contributed by atoms with Crippen molar-refractivity contribution < 1.29 is 23.8 Å². The third-order valence-electron chi connectivity index (χ3n) is 3.96. The minimum Gasteiger partial charge on any atom is -0.462 e. The van der Waals surface area contributed by atoms with Gasteiger partial charge in [-0.15, -0.1) is 0 Å². The Bertz CT molecular complexity index is 1000. The molecule has 0 amide bonds. The van der Waals surface area contributed by atoms with Crippen LogP contribution in [0.2, 0.25) is 0 Å². The van der Waals surface area contributed by atoms with Gasteiger partial charge in [-0.25, -0.2) is 9.78 Å². The van der Waals surface area contributed by atoms with Crippen LogP contribution >= 0.6 is 11.3 Å². The highest BCUT2D eigenvalue weighted by Gasteiger charge is 2.24. The maximum atomic E-state index is 12.0. The quantitative estimate of drug-likeness (QED) is 0.527. The highest BCUT2D eigenvalue weighted by Crippen LogP contribution is 2.37. The molecule has 1 aliphatic rings. The summed E-state index contributed by atoms with van der Waals surface area (Å²) in [4.78, 5) is 29.3. The second-order valence-electron chi connectivity index (χ2n) is 5.39. The monoisotopic (exact) mass is 358 g/mol. The first kappa shape index (κ1) is 15.6. The Balaban J connectivity index is 1.86. The summed E-state index contributed by atoms with van der Waals surface area (Å²) in [7, 11) is 0. The average molecular weight is 358 g/mol. The molecule has 0 unspecified atom stereocenters. The Morgan fingerprint density at radius 1 is 1.40 bits per heavy atom. The number of ether oxygens (including phenoxy) is 3. The average Bonchev–Trinajstić information content (AvgIpc) is 3.28. The van der Waals surface area contributed by atoms with Gasteiger partial charge in [-0.1, -0.05) is 11.3 Å². The summed E-state index contributed by atoms with van der Waals surface area (Å²) in [6.07, 6.45) is 0.745. The lowest BCUT2D eigenvalue weighted by molar-refractivity contribution is 0.0530. The van der Waals surface area contributed by atoms with Crippen LogP contribution in [0.5, 0.6) is 11.5 Å². The lowest BCUT2D eigenvalue weighted by Gasteiger charge is -2.03. The molecule has 0 saturated heterocycles. The maximum Gasteiger partial charge on any atom is 0.350 e. The number of esters is 1. The van der Waals surface area contributed by atoms with Crippen LogP contribution in [-0.2, 0) is 4.74 Å². The van der Waals surface area contributed by atoms with Crippen LogP contribution in [0.4, 0.5) is 0 Å². The fourth-order valence-corrected chi connectivity index (χ4v) is 3.85. The van der Waals surface area contributed by atoms with E-state index in [0.29, 0.717) is 45.0 Å². The summed E-state index contributed by atoms with van der Waals surface area (Å²) in [6, 6.07) is 5.41. The number of thiazole rings is 1. The number of benzene rings is 1. The lowest BCUT2D eigenvalue weighted by atomic mass is 10.1. The standard InChI is InChI=1S/C17H14N2O5S/c1-3-22-16(21)15-9(2)19-11(7-20)14(18-17(19)25-15)10-4-5-12-13(6-10)24-8-23-12/h4-7H,3,8H2,1-2H3.